The SMILES string of the molecule is FC(F)(F)c1ncn(C2CCCNC2)n1. The second-order valence-corrected chi connectivity index (χ2v) is 3.55. The number of piperidine rings is 1. The minimum absolute atomic E-state index is 0.0117. The molecule has 0 aromatic carbocycles. The van der Waals surface area contributed by atoms with E-state index in [2.05, 4.69) is 15.4 Å². The van der Waals surface area contributed by atoms with Crippen molar-refractivity contribution in [1.82, 2.24) is 20.1 Å². The Kier molecular flexibility index (Phi) is 2.64. The average molecular weight is 220 g/mol. The lowest BCUT2D eigenvalue weighted by Gasteiger charge is -2.22. The van der Waals surface area contributed by atoms with E-state index in [9.17, 15) is 13.2 Å². The number of halogens is 3. The summed E-state index contributed by atoms with van der Waals surface area (Å²) in [7, 11) is 0. The Morgan fingerprint density at radius 2 is 2.27 bits per heavy atom. The first-order chi connectivity index (χ1) is 7.07. The van der Waals surface area contributed by atoms with Crippen molar-refractivity contribution in [2.45, 2.75) is 25.1 Å². The van der Waals surface area contributed by atoms with Gasteiger partial charge in [0.05, 0.1) is 6.04 Å². The number of alkyl halides is 3. The van der Waals surface area contributed by atoms with Crippen LogP contribution in [0.1, 0.15) is 24.7 Å². The van der Waals surface area contributed by atoms with Crippen LogP contribution in [-0.4, -0.2) is 27.9 Å². The fourth-order valence-corrected chi connectivity index (χ4v) is 1.64. The Hall–Kier alpha value is -1.11. The third-order valence-corrected chi connectivity index (χ3v) is 2.41. The van der Waals surface area contributed by atoms with Gasteiger partial charge in [0.2, 0.25) is 0 Å². The fourth-order valence-electron chi connectivity index (χ4n) is 1.64. The first-order valence-corrected chi connectivity index (χ1v) is 4.76. The molecule has 0 spiro atoms. The van der Waals surface area contributed by atoms with Gasteiger partial charge < -0.3 is 5.32 Å². The van der Waals surface area contributed by atoms with Crippen molar-refractivity contribution < 1.29 is 13.2 Å². The van der Waals surface area contributed by atoms with Crippen LogP contribution in [0.15, 0.2) is 6.33 Å². The smallest absolute Gasteiger partial charge is 0.315 e. The third-order valence-electron chi connectivity index (χ3n) is 2.41. The van der Waals surface area contributed by atoms with Gasteiger partial charge in [-0.25, -0.2) is 9.67 Å². The van der Waals surface area contributed by atoms with Gasteiger partial charge in [-0.15, -0.1) is 5.10 Å². The summed E-state index contributed by atoms with van der Waals surface area (Å²) in [5.41, 5.74) is 0. The van der Waals surface area contributed by atoms with Gasteiger partial charge in [0.1, 0.15) is 6.33 Å². The number of nitrogens with zero attached hydrogens (tertiary/aromatic N) is 3. The molecule has 1 aliphatic heterocycles. The van der Waals surface area contributed by atoms with E-state index in [0.29, 0.717) is 6.54 Å². The van der Waals surface area contributed by atoms with E-state index in [0.717, 1.165) is 25.7 Å². The lowest BCUT2D eigenvalue weighted by atomic mass is 10.1. The molecule has 1 fully saturated rings. The standard InChI is InChI=1S/C8H11F3N4/c9-8(10,11)7-13-5-15(14-7)6-2-1-3-12-4-6/h5-6,12H,1-4H2. The maximum Gasteiger partial charge on any atom is 0.453 e. The van der Waals surface area contributed by atoms with Gasteiger partial charge >= 0.3 is 6.18 Å². The molecule has 1 unspecified atom stereocenters. The monoisotopic (exact) mass is 220 g/mol. The van der Waals surface area contributed by atoms with E-state index < -0.39 is 12.0 Å². The molecule has 1 aromatic rings. The highest BCUT2D eigenvalue weighted by Crippen LogP contribution is 2.26. The maximum absolute atomic E-state index is 12.2. The number of hydrogen-bond donors (Lipinski definition) is 1. The van der Waals surface area contributed by atoms with Crippen LogP contribution in [0.3, 0.4) is 0 Å². The number of hydrogen-bond acceptors (Lipinski definition) is 3. The summed E-state index contributed by atoms with van der Waals surface area (Å²) in [5, 5.41) is 6.56. The number of rotatable bonds is 1. The number of aromatic nitrogens is 3. The molecule has 0 radical (unpaired) electrons. The number of nitrogens with one attached hydrogen (secondary N) is 1. The first-order valence-electron chi connectivity index (χ1n) is 4.76. The Bertz CT molecular complexity index is 327. The molecule has 2 rings (SSSR count). The molecule has 1 saturated heterocycles. The summed E-state index contributed by atoms with van der Waals surface area (Å²) in [6, 6.07) is -0.0117. The van der Waals surface area contributed by atoms with Crippen molar-refractivity contribution in [2.24, 2.45) is 0 Å². The predicted octanol–water partition coefficient (Wildman–Crippen LogP) is 1.22. The van der Waals surface area contributed by atoms with Crippen molar-refractivity contribution in [3.63, 3.8) is 0 Å². The minimum atomic E-state index is -4.45. The molecule has 0 bridgehead atoms. The minimum Gasteiger partial charge on any atom is -0.315 e. The maximum atomic E-state index is 12.2. The molecule has 1 atom stereocenters. The molecule has 7 heteroatoms. The molecule has 15 heavy (non-hydrogen) atoms. The van der Waals surface area contributed by atoms with Crippen molar-refractivity contribution in [3.05, 3.63) is 12.2 Å². The van der Waals surface area contributed by atoms with E-state index in [-0.39, 0.29) is 6.04 Å². The van der Waals surface area contributed by atoms with Crippen molar-refractivity contribution in [2.75, 3.05) is 13.1 Å². The highest BCUT2D eigenvalue weighted by Gasteiger charge is 2.36. The van der Waals surface area contributed by atoms with Crippen molar-refractivity contribution >= 4 is 0 Å². The van der Waals surface area contributed by atoms with Gasteiger partial charge in [0.25, 0.3) is 5.82 Å². The van der Waals surface area contributed by atoms with Gasteiger partial charge in [-0.05, 0) is 19.4 Å². The van der Waals surface area contributed by atoms with Crippen LogP contribution in [0.5, 0.6) is 0 Å². The summed E-state index contributed by atoms with van der Waals surface area (Å²) < 4.78 is 37.9. The van der Waals surface area contributed by atoms with Gasteiger partial charge in [-0.2, -0.15) is 13.2 Å². The van der Waals surface area contributed by atoms with Gasteiger partial charge in [-0.3, -0.25) is 0 Å². The third kappa shape index (κ3) is 2.28. The zero-order valence-corrected chi connectivity index (χ0v) is 7.96. The van der Waals surface area contributed by atoms with Crippen LogP contribution in [0, 0.1) is 0 Å². The molecule has 0 aliphatic carbocycles. The summed E-state index contributed by atoms with van der Waals surface area (Å²) in [6.07, 6.45) is -1.51. The lowest BCUT2D eigenvalue weighted by molar-refractivity contribution is -0.145. The lowest BCUT2D eigenvalue weighted by Crippen LogP contribution is -2.32. The second kappa shape index (κ2) is 3.80. The second-order valence-electron chi connectivity index (χ2n) is 3.55. The predicted molar refractivity (Wildman–Crippen MR) is 46.2 cm³/mol. The largest absolute Gasteiger partial charge is 0.453 e. The van der Waals surface area contributed by atoms with E-state index in [1.807, 2.05) is 0 Å². The van der Waals surface area contributed by atoms with Crippen molar-refractivity contribution in [3.8, 4) is 0 Å². The summed E-state index contributed by atoms with van der Waals surface area (Å²) in [5.74, 6) is -1.06. The molecule has 0 amide bonds. The zero-order chi connectivity index (χ0) is 10.9. The van der Waals surface area contributed by atoms with Crippen LogP contribution in [0.2, 0.25) is 0 Å². The highest BCUT2D eigenvalue weighted by atomic mass is 19.4. The summed E-state index contributed by atoms with van der Waals surface area (Å²) in [4.78, 5) is 3.26. The average Bonchev–Trinajstić information content (AvgIpc) is 2.67. The molecule has 84 valence electrons. The molecule has 1 N–H and O–H groups in total. The fraction of sp³-hybridized carbons (Fsp3) is 0.750. The van der Waals surface area contributed by atoms with Crippen LogP contribution in [-0.2, 0) is 6.18 Å². The first kappa shape index (κ1) is 10.4. The Morgan fingerprint density at radius 1 is 1.47 bits per heavy atom. The van der Waals surface area contributed by atoms with E-state index >= 15 is 0 Å². The van der Waals surface area contributed by atoms with Crippen LogP contribution in [0.4, 0.5) is 13.2 Å². The zero-order valence-electron chi connectivity index (χ0n) is 7.96. The Labute approximate surface area is 84.5 Å². The summed E-state index contributed by atoms with van der Waals surface area (Å²) in [6.45, 7) is 1.57. The van der Waals surface area contributed by atoms with Crippen LogP contribution < -0.4 is 5.32 Å². The molecular weight excluding hydrogens is 209 g/mol. The molecule has 0 saturated carbocycles. The van der Waals surface area contributed by atoms with Gasteiger partial charge in [-0.1, -0.05) is 0 Å². The van der Waals surface area contributed by atoms with E-state index in [1.54, 1.807) is 0 Å². The van der Waals surface area contributed by atoms with E-state index in [1.165, 1.54) is 4.68 Å². The van der Waals surface area contributed by atoms with E-state index in [4.69, 9.17) is 0 Å². The van der Waals surface area contributed by atoms with Crippen molar-refractivity contribution in [1.29, 1.82) is 0 Å². The molecule has 1 aromatic heterocycles. The quantitative estimate of drug-likeness (QED) is 0.773. The van der Waals surface area contributed by atoms with Crippen LogP contribution >= 0.6 is 0 Å². The highest BCUT2D eigenvalue weighted by molar-refractivity contribution is 4.89. The summed E-state index contributed by atoms with van der Waals surface area (Å²) >= 11 is 0. The Balaban J connectivity index is 2.12. The molecule has 2 heterocycles. The molecule has 1 aliphatic rings. The molecule has 4 nitrogen and oxygen atoms in total. The van der Waals surface area contributed by atoms with Gasteiger partial charge in [0.15, 0.2) is 0 Å². The normalized spacial score (nSPS) is 23.0. The topological polar surface area (TPSA) is 42.7 Å². The Morgan fingerprint density at radius 3 is 2.80 bits per heavy atom. The molecular formula is C8H11F3N4. The van der Waals surface area contributed by atoms with Crippen LogP contribution in [0.25, 0.3) is 0 Å². The van der Waals surface area contributed by atoms with Gasteiger partial charge in [0, 0.05) is 6.54 Å².